The minimum atomic E-state index is -0.804. The maximum absolute atomic E-state index is 13.3. The molecule has 1 aliphatic carbocycles. The molecule has 11 heteroatoms. The van der Waals surface area contributed by atoms with Gasteiger partial charge in [0.2, 0.25) is 17.6 Å². The Balaban J connectivity index is 1.26. The van der Waals surface area contributed by atoms with Gasteiger partial charge >= 0.3 is 5.97 Å². The van der Waals surface area contributed by atoms with E-state index >= 15 is 0 Å². The van der Waals surface area contributed by atoms with Crippen molar-refractivity contribution < 1.29 is 28.8 Å². The first-order valence-corrected chi connectivity index (χ1v) is 14.5. The van der Waals surface area contributed by atoms with Gasteiger partial charge < -0.3 is 4.74 Å². The third-order valence-electron chi connectivity index (χ3n) is 8.31. The van der Waals surface area contributed by atoms with Crippen molar-refractivity contribution in [3.05, 3.63) is 99.1 Å². The minimum absolute atomic E-state index is 0.0409. The molecule has 10 nitrogen and oxygen atoms in total. The highest BCUT2D eigenvalue weighted by molar-refractivity contribution is 6.31. The Bertz CT molecular complexity index is 1860. The van der Waals surface area contributed by atoms with Gasteiger partial charge in [-0.2, -0.15) is 0 Å². The number of ether oxygens (including phenoxy) is 1. The maximum Gasteiger partial charge on any atom is 0.339 e. The monoisotopic (exact) mass is 611 g/mol. The van der Waals surface area contributed by atoms with E-state index in [0.29, 0.717) is 51.6 Å². The number of benzene rings is 3. The largest absolute Gasteiger partial charge is 0.454 e. The fourth-order valence-corrected chi connectivity index (χ4v) is 6.20. The standard InChI is InChI=1S/C33H26ClN3O7/c1-18-5-11-24-26(13-18)32(40)36(31(24)39)22-9-6-19(7-10-22)29-16-27(25-15-21(34)8-12-28(25)35-29)33(41)44-17-30(38)20-3-2-4-23(14-20)37(42)43/h2-4,6-10,12,14-16,18,24,26H,5,11,13,17H2,1H3. The Labute approximate surface area is 256 Å². The highest BCUT2D eigenvalue weighted by Crippen LogP contribution is 2.42. The van der Waals surface area contributed by atoms with Crippen LogP contribution in [-0.2, 0) is 14.3 Å². The van der Waals surface area contributed by atoms with Crippen molar-refractivity contribution in [2.75, 3.05) is 11.5 Å². The first kappa shape index (κ1) is 29.1. The van der Waals surface area contributed by atoms with E-state index in [9.17, 15) is 29.3 Å². The number of hydrogen-bond acceptors (Lipinski definition) is 8. The molecule has 0 bridgehead atoms. The quantitative estimate of drug-likeness (QED) is 0.0766. The molecule has 2 fully saturated rings. The number of aromatic nitrogens is 1. The van der Waals surface area contributed by atoms with Crippen LogP contribution in [0.2, 0.25) is 5.02 Å². The van der Waals surface area contributed by atoms with Crippen molar-refractivity contribution in [2.24, 2.45) is 17.8 Å². The van der Waals surface area contributed by atoms with E-state index in [0.717, 1.165) is 12.5 Å². The van der Waals surface area contributed by atoms with Crippen molar-refractivity contribution in [2.45, 2.75) is 26.2 Å². The van der Waals surface area contributed by atoms with Crippen LogP contribution < -0.4 is 4.90 Å². The summed E-state index contributed by atoms with van der Waals surface area (Å²) in [5.74, 6) is -1.88. The second kappa shape index (κ2) is 11.6. The Morgan fingerprint density at radius 1 is 1.00 bits per heavy atom. The third kappa shape index (κ3) is 5.44. The molecular formula is C33H26ClN3O7. The van der Waals surface area contributed by atoms with E-state index in [1.165, 1.54) is 29.2 Å². The lowest BCUT2D eigenvalue weighted by Gasteiger charge is -2.25. The number of non-ortho nitro benzene ring substituents is 1. The van der Waals surface area contributed by atoms with Gasteiger partial charge in [0.25, 0.3) is 5.69 Å². The van der Waals surface area contributed by atoms with Crippen LogP contribution in [0, 0.1) is 27.9 Å². The molecule has 1 saturated carbocycles. The molecule has 44 heavy (non-hydrogen) atoms. The molecule has 6 rings (SSSR count). The summed E-state index contributed by atoms with van der Waals surface area (Å²) in [6.45, 7) is 1.47. The molecule has 0 N–H and O–H groups in total. The molecule has 0 spiro atoms. The van der Waals surface area contributed by atoms with Gasteiger partial charge in [0, 0.05) is 33.7 Å². The summed E-state index contributed by atoms with van der Waals surface area (Å²) in [4.78, 5) is 68.7. The number of nitro benzene ring substituents is 1. The van der Waals surface area contributed by atoms with Crippen molar-refractivity contribution in [3.63, 3.8) is 0 Å². The maximum atomic E-state index is 13.3. The number of rotatable bonds is 7. The number of carbonyl (C=O) groups excluding carboxylic acids is 4. The third-order valence-corrected chi connectivity index (χ3v) is 8.55. The van der Waals surface area contributed by atoms with Crippen molar-refractivity contribution in [1.82, 2.24) is 4.98 Å². The molecule has 2 heterocycles. The van der Waals surface area contributed by atoms with E-state index < -0.39 is 23.3 Å². The van der Waals surface area contributed by atoms with Crippen LogP contribution in [0.25, 0.3) is 22.2 Å². The number of Topliss-reactive ketones (excluding diaryl/α,β-unsaturated/α-hetero) is 1. The number of fused-ring (bicyclic) bond motifs is 2. The summed E-state index contributed by atoms with van der Waals surface area (Å²) < 4.78 is 5.34. The van der Waals surface area contributed by atoms with E-state index in [1.54, 1.807) is 42.5 Å². The second-order valence-corrected chi connectivity index (χ2v) is 11.6. The van der Waals surface area contributed by atoms with E-state index in [4.69, 9.17) is 16.3 Å². The van der Waals surface area contributed by atoms with Crippen molar-refractivity contribution in [1.29, 1.82) is 0 Å². The summed E-state index contributed by atoms with van der Waals surface area (Å²) in [6, 6.07) is 18.4. The van der Waals surface area contributed by atoms with Crippen LogP contribution in [0.1, 0.15) is 46.9 Å². The van der Waals surface area contributed by atoms with Crippen LogP contribution in [0.15, 0.2) is 72.8 Å². The van der Waals surface area contributed by atoms with Gasteiger partial charge in [-0.1, -0.05) is 42.8 Å². The number of anilines is 1. The molecule has 222 valence electrons. The zero-order chi connectivity index (χ0) is 31.1. The molecule has 1 saturated heterocycles. The van der Waals surface area contributed by atoms with Crippen molar-refractivity contribution in [3.8, 4) is 11.3 Å². The van der Waals surface area contributed by atoms with Gasteiger partial charge in [-0.25, -0.2) is 9.78 Å². The van der Waals surface area contributed by atoms with Crippen LogP contribution in [-0.4, -0.2) is 40.1 Å². The number of hydrogen-bond donors (Lipinski definition) is 0. The van der Waals surface area contributed by atoms with E-state index in [2.05, 4.69) is 11.9 Å². The number of ketones is 1. The predicted molar refractivity (Wildman–Crippen MR) is 162 cm³/mol. The Hall–Kier alpha value is -4.96. The van der Waals surface area contributed by atoms with Crippen LogP contribution in [0.5, 0.6) is 0 Å². The summed E-state index contributed by atoms with van der Waals surface area (Å²) in [5.41, 5.74) is 1.89. The van der Waals surface area contributed by atoms with Crippen LogP contribution in [0.3, 0.4) is 0 Å². The zero-order valence-electron chi connectivity index (χ0n) is 23.6. The van der Waals surface area contributed by atoms with E-state index in [1.807, 2.05) is 0 Å². The Morgan fingerprint density at radius 3 is 2.50 bits per heavy atom. The summed E-state index contributed by atoms with van der Waals surface area (Å²) in [6.07, 6.45) is 2.36. The topological polar surface area (TPSA) is 137 Å². The molecule has 3 aromatic carbocycles. The lowest BCUT2D eigenvalue weighted by atomic mass is 9.76. The van der Waals surface area contributed by atoms with Gasteiger partial charge in [-0.05, 0) is 61.6 Å². The number of carbonyl (C=O) groups is 4. The molecule has 2 amide bonds. The number of nitrogens with zero attached hydrogens (tertiary/aromatic N) is 3. The highest BCUT2D eigenvalue weighted by Gasteiger charge is 2.49. The molecule has 1 aromatic heterocycles. The molecule has 0 radical (unpaired) electrons. The van der Waals surface area contributed by atoms with Gasteiger partial charge in [0.05, 0.1) is 39.2 Å². The average Bonchev–Trinajstić information content (AvgIpc) is 3.27. The van der Waals surface area contributed by atoms with Gasteiger partial charge in [0.1, 0.15) is 0 Å². The summed E-state index contributed by atoms with van der Waals surface area (Å²) >= 11 is 6.21. The van der Waals surface area contributed by atoms with Crippen LogP contribution >= 0.6 is 11.6 Å². The first-order valence-electron chi connectivity index (χ1n) is 14.1. The number of halogens is 1. The number of nitro groups is 1. The molecule has 3 atom stereocenters. The minimum Gasteiger partial charge on any atom is -0.454 e. The second-order valence-electron chi connectivity index (χ2n) is 11.2. The number of esters is 1. The van der Waals surface area contributed by atoms with E-state index in [-0.39, 0.29) is 40.5 Å². The fraction of sp³-hybridized carbons (Fsp3) is 0.242. The predicted octanol–water partition coefficient (Wildman–Crippen LogP) is 6.43. The summed E-state index contributed by atoms with van der Waals surface area (Å²) in [7, 11) is 0. The zero-order valence-corrected chi connectivity index (χ0v) is 24.3. The first-order chi connectivity index (χ1) is 21.1. The van der Waals surface area contributed by atoms with Crippen molar-refractivity contribution >= 4 is 57.4 Å². The number of imide groups is 1. The van der Waals surface area contributed by atoms with Crippen LogP contribution in [0.4, 0.5) is 11.4 Å². The molecule has 4 aromatic rings. The Kier molecular flexibility index (Phi) is 7.69. The molecule has 3 unspecified atom stereocenters. The lowest BCUT2D eigenvalue weighted by Crippen LogP contribution is -2.30. The lowest BCUT2D eigenvalue weighted by molar-refractivity contribution is -0.384. The molecular weight excluding hydrogens is 586 g/mol. The van der Waals surface area contributed by atoms with Gasteiger partial charge in [0.15, 0.2) is 6.61 Å². The normalized spacial score (nSPS) is 19.6. The number of pyridine rings is 1. The van der Waals surface area contributed by atoms with Gasteiger partial charge in [-0.3, -0.25) is 29.4 Å². The summed E-state index contributed by atoms with van der Waals surface area (Å²) in [5, 5.41) is 11.8. The van der Waals surface area contributed by atoms with Gasteiger partial charge in [-0.15, -0.1) is 0 Å². The molecule has 1 aliphatic heterocycles. The smallest absolute Gasteiger partial charge is 0.339 e. The average molecular weight is 612 g/mol. The SMILES string of the molecule is CC1CCC2C(=O)N(c3ccc(-c4cc(C(=O)OCC(=O)c5cccc([N+](=O)[O-])c5)c5cc(Cl)ccc5n4)cc3)C(=O)C2C1. The number of amides is 2. The Morgan fingerprint density at radius 2 is 1.75 bits per heavy atom. The highest BCUT2D eigenvalue weighted by atomic mass is 35.5. The fourth-order valence-electron chi connectivity index (χ4n) is 6.03. The molecule has 2 aliphatic rings.